The van der Waals surface area contributed by atoms with E-state index in [4.69, 9.17) is 0 Å². The number of nitrogens with zero attached hydrogens (tertiary/aromatic N) is 2. The van der Waals surface area contributed by atoms with Crippen LogP contribution in [0, 0.1) is 6.92 Å². The fourth-order valence-electron chi connectivity index (χ4n) is 1.73. The minimum atomic E-state index is 0. The molecule has 2 rings (SSSR count). The Hall–Kier alpha value is -0.670. The van der Waals surface area contributed by atoms with Crippen molar-refractivity contribution >= 4 is 52.6 Å². The zero-order valence-electron chi connectivity index (χ0n) is 12.3. The third kappa shape index (κ3) is 6.75. The Morgan fingerprint density at radius 3 is 2.81 bits per heavy atom. The first-order valence-corrected chi connectivity index (χ1v) is 8.49. The number of thiazole rings is 1. The van der Waals surface area contributed by atoms with Gasteiger partial charge in [0.05, 0.1) is 17.2 Å². The van der Waals surface area contributed by atoms with Crippen LogP contribution in [0.4, 0.5) is 0 Å². The third-order valence-electron chi connectivity index (χ3n) is 2.66. The van der Waals surface area contributed by atoms with E-state index >= 15 is 0 Å². The van der Waals surface area contributed by atoms with Crippen LogP contribution < -0.4 is 10.6 Å². The van der Waals surface area contributed by atoms with Gasteiger partial charge >= 0.3 is 0 Å². The second-order valence-corrected chi connectivity index (χ2v) is 6.40. The highest BCUT2D eigenvalue weighted by atomic mass is 127. The summed E-state index contributed by atoms with van der Waals surface area (Å²) in [5.41, 5.74) is 1.15. The molecule has 0 spiro atoms. The van der Waals surface area contributed by atoms with Gasteiger partial charge in [0.1, 0.15) is 0 Å². The third-order valence-corrected chi connectivity index (χ3v) is 4.34. The number of aromatic nitrogens is 1. The summed E-state index contributed by atoms with van der Waals surface area (Å²) in [6.07, 6.45) is 0.924. The zero-order valence-corrected chi connectivity index (χ0v) is 16.2. The van der Waals surface area contributed by atoms with E-state index in [1.54, 1.807) is 22.7 Å². The molecule has 2 aromatic heterocycles. The largest absolute Gasteiger partial charge is 0.357 e. The number of guanidine groups is 1. The molecule has 0 saturated carbocycles. The highest BCUT2D eigenvalue weighted by Gasteiger charge is 2.01. The maximum Gasteiger partial charge on any atom is 0.191 e. The quantitative estimate of drug-likeness (QED) is 0.415. The van der Waals surface area contributed by atoms with Crippen LogP contribution in [0.5, 0.6) is 0 Å². The van der Waals surface area contributed by atoms with Crippen LogP contribution in [0.1, 0.15) is 22.5 Å². The Morgan fingerprint density at radius 2 is 2.19 bits per heavy atom. The Labute approximate surface area is 151 Å². The number of thiophene rings is 1. The Balaban J connectivity index is 0.00000220. The van der Waals surface area contributed by atoms with Gasteiger partial charge in [0.2, 0.25) is 0 Å². The van der Waals surface area contributed by atoms with Crippen molar-refractivity contribution in [3.05, 3.63) is 38.5 Å². The molecule has 0 atom stereocenters. The molecule has 116 valence electrons. The average Bonchev–Trinajstić information content (AvgIpc) is 3.08. The zero-order chi connectivity index (χ0) is 14.2. The van der Waals surface area contributed by atoms with Crippen molar-refractivity contribution < 1.29 is 0 Å². The molecular weight excluding hydrogens is 415 g/mol. The Bertz CT molecular complexity index is 537. The second-order valence-electron chi connectivity index (χ2n) is 4.31. The van der Waals surface area contributed by atoms with Gasteiger partial charge in [-0.1, -0.05) is 6.07 Å². The van der Waals surface area contributed by atoms with Crippen LogP contribution in [0.2, 0.25) is 0 Å². The van der Waals surface area contributed by atoms with Crippen molar-refractivity contribution in [1.82, 2.24) is 15.6 Å². The molecule has 4 nitrogen and oxygen atoms in total. The van der Waals surface area contributed by atoms with Gasteiger partial charge in [0, 0.05) is 29.8 Å². The standard InChI is InChI=1S/C14H20N4S2.HI/c1-3-15-14(17-9-13-5-4-8-19-13)16-7-6-12-10-20-11(2)18-12;/h4-5,8,10H,3,6-7,9H2,1-2H3,(H2,15,16,17);1H. The second kappa shape index (κ2) is 10.1. The first-order valence-electron chi connectivity index (χ1n) is 6.73. The number of aryl methyl sites for hydroxylation is 1. The number of aliphatic imine (C=N–C) groups is 1. The molecule has 0 aliphatic rings. The summed E-state index contributed by atoms with van der Waals surface area (Å²) in [5, 5.41) is 11.9. The summed E-state index contributed by atoms with van der Waals surface area (Å²) in [7, 11) is 0. The summed E-state index contributed by atoms with van der Waals surface area (Å²) >= 11 is 3.43. The van der Waals surface area contributed by atoms with E-state index < -0.39 is 0 Å². The van der Waals surface area contributed by atoms with E-state index in [-0.39, 0.29) is 24.0 Å². The topological polar surface area (TPSA) is 49.3 Å². The van der Waals surface area contributed by atoms with Crippen LogP contribution >= 0.6 is 46.7 Å². The van der Waals surface area contributed by atoms with Crippen LogP contribution in [0.25, 0.3) is 0 Å². The predicted molar refractivity (Wildman–Crippen MR) is 103 cm³/mol. The molecule has 0 fully saturated rings. The molecule has 2 heterocycles. The molecule has 21 heavy (non-hydrogen) atoms. The van der Waals surface area contributed by atoms with Crippen LogP contribution in [-0.4, -0.2) is 24.0 Å². The van der Waals surface area contributed by atoms with Gasteiger partial charge in [-0.25, -0.2) is 9.98 Å². The lowest BCUT2D eigenvalue weighted by molar-refractivity contribution is 0.791. The summed E-state index contributed by atoms with van der Waals surface area (Å²) in [5.74, 6) is 0.868. The molecule has 0 unspecified atom stereocenters. The minimum Gasteiger partial charge on any atom is -0.357 e. The molecule has 7 heteroatoms. The number of halogens is 1. The Kier molecular flexibility index (Phi) is 8.86. The fraction of sp³-hybridized carbons (Fsp3) is 0.429. The normalized spacial score (nSPS) is 11.0. The van der Waals surface area contributed by atoms with Crippen molar-refractivity contribution in [2.45, 2.75) is 26.8 Å². The summed E-state index contributed by atoms with van der Waals surface area (Å²) in [4.78, 5) is 10.3. The molecule has 2 N–H and O–H groups in total. The van der Waals surface area contributed by atoms with Crippen molar-refractivity contribution in [3.63, 3.8) is 0 Å². The minimum absolute atomic E-state index is 0. The van der Waals surface area contributed by atoms with Gasteiger partial charge in [-0.3, -0.25) is 0 Å². The highest BCUT2D eigenvalue weighted by molar-refractivity contribution is 14.0. The summed E-state index contributed by atoms with van der Waals surface area (Å²) < 4.78 is 0. The molecular formula is C14H21IN4S2. The lowest BCUT2D eigenvalue weighted by atomic mass is 10.3. The molecule has 0 aromatic carbocycles. The van der Waals surface area contributed by atoms with Gasteiger partial charge in [0.25, 0.3) is 0 Å². The van der Waals surface area contributed by atoms with Crippen LogP contribution in [0.3, 0.4) is 0 Å². The van der Waals surface area contributed by atoms with Gasteiger partial charge in [-0.2, -0.15) is 0 Å². The van der Waals surface area contributed by atoms with Crippen LogP contribution in [0.15, 0.2) is 27.9 Å². The lowest BCUT2D eigenvalue weighted by Crippen LogP contribution is -2.38. The average molecular weight is 436 g/mol. The van der Waals surface area contributed by atoms with Crippen LogP contribution in [-0.2, 0) is 13.0 Å². The monoisotopic (exact) mass is 436 g/mol. The number of hydrogen-bond donors (Lipinski definition) is 2. The van der Waals surface area contributed by atoms with Gasteiger partial charge in [-0.15, -0.1) is 46.7 Å². The van der Waals surface area contributed by atoms with Crippen molar-refractivity contribution in [1.29, 1.82) is 0 Å². The highest BCUT2D eigenvalue weighted by Crippen LogP contribution is 2.09. The molecule has 2 aromatic rings. The number of nitrogens with one attached hydrogen (secondary N) is 2. The smallest absolute Gasteiger partial charge is 0.191 e. The lowest BCUT2D eigenvalue weighted by Gasteiger charge is -2.10. The molecule has 0 amide bonds. The summed E-state index contributed by atoms with van der Waals surface area (Å²) in [6, 6.07) is 4.16. The number of rotatable bonds is 6. The van der Waals surface area contributed by atoms with Gasteiger partial charge in [0.15, 0.2) is 5.96 Å². The van der Waals surface area contributed by atoms with E-state index in [0.717, 1.165) is 42.7 Å². The maximum atomic E-state index is 4.58. The number of hydrogen-bond acceptors (Lipinski definition) is 4. The van der Waals surface area contributed by atoms with Crippen molar-refractivity contribution in [2.75, 3.05) is 13.1 Å². The molecule has 0 saturated heterocycles. The fourth-order valence-corrected chi connectivity index (χ4v) is 3.01. The SMILES string of the molecule is CCNC(=NCc1cccs1)NCCc1csc(C)n1.I. The van der Waals surface area contributed by atoms with E-state index in [1.807, 2.05) is 6.92 Å². The first-order chi connectivity index (χ1) is 9.78. The molecule has 0 aliphatic heterocycles. The Morgan fingerprint density at radius 1 is 1.33 bits per heavy atom. The predicted octanol–water partition coefficient (Wildman–Crippen LogP) is 3.43. The van der Waals surface area contributed by atoms with Gasteiger partial charge in [-0.05, 0) is 25.3 Å². The van der Waals surface area contributed by atoms with Crippen molar-refractivity contribution in [2.24, 2.45) is 4.99 Å². The summed E-state index contributed by atoms with van der Waals surface area (Å²) in [6.45, 7) is 6.55. The maximum absolute atomic E-state index is 4.58. The van der Waals surface area contributed by atoms with E-state index in [2.05, 4.69) is 50.4 Å². The van der Waals surface area contributed by atoms with Gasteiger partial charge < -0.3 is 10.6 Å². The molecule has 0 bridgehead atoms. The first kappa shape index (κ1) is 18.4. The molecule has 0 aliphatic carbocycles. The van der Waals surface area contributed by atoms with Crippen molar-refractivity contribution in [3.8, 4) is 0 Å². The van der Waals surface area contributed by atoms with E-state index in [0.29, 0.717) is 0 Å². The molecule has 0 radical (unpaired) electrons. The van der Waals surface area contributed by atoms with E-state index in [9.17, 15) is 0 Å². The van der Waals surface area contributed by atoms with E-state index in [1.165, 1.54) is 4.88 Å².